The number of aryl methyl sites for hydroxylation is 1. The summed E-state index contributed by atoms with van der Waals surface area (Å²) < 4.78 is 20.5. The highest BCUT2D eigenvalue weighted by molar-refractivity contribution is 5.84. The molecule has 2 aromatic heterocycles. The number of aliphatic hydroxyl groups is 1. The fraction of sp³-hybridized carbons (Fsp3) is 0.621. The summed E-state index contributed by atoms with van der Waals surface area (Å²) in [5.41, 5.74) is 3.35. The third-order valence-corrected chi connectivity index (χ3v) is 6.91. The summed E-state index contributed by atoms with van der Waals surface area (Å²) in [4.78, 5) is 22.6. The van der Waals surface area contributed by atoms with Gasteiger partial charge in [-0.1, -0.05) is 20.8 Å². The van der Waals surface area contributed by atoms with Crippen LogP contribution in [0.4, 0.5) is 10.1 Å². The number of nitrogens with zero attached hydrogens (tertiary/aromatic N) is 3. The van der Waals surface area contributed by atoms with E-state index < -0.39 is 17.4 Å². The third-order valence-electron chi connectivity index (χ3n) is 6.91. The lowest BCUT2D eigenvalue weighted by Gasteiger charge is -2.40. The molecule has 4 rings (SSSR count). The number of hydrogen-bond acceptors (Lipinski definition) is 6. The maximum atomic E-state index is 14.9. The molecule has 204 valence electrons. The van der Waals surface area contributed by atoms with Crippen LogP contribution in [0.2, 0.25) is 0 Å². The average Bonchev–Trinajstić information content (AvgIpc) is 3.50. The van der Waals surface area contributed by atoms with Gasteiger partial charge in [0.2, 0.25) is 5.88 Å². The fourth-order valence-electron chi connectivity index (χ4n) is 4.18. The van der Waals surface area contributed by atoms with Crippen LogP contribution in [0.25, 0.3) is 11.1 Å². The highest BCUT2D eigenvalue weighted by atomic mass is 19.1. The van der Waals surface area contributed by atoms with Gasteiger partial charge in [-0.05, 0) is 64.9 Å². The number of aliphatic carboxylic acids is 1. The first kappa shape index (κ1) is 28.8. The standard InChI is InChI=1S/C25H32FN3O3.C4H10O/c1-16-18(12-21(30)31)22(29-9-7-24(2,3)8-10-29)19(14-27-16)17-11-20(26)23(28-13-17)32-15-25(4)5-6-25;1-4(2,3)5/h11,13-14H,5-10,12,15H2,1-4H3,(H,30,31);5H,1-3H3. The Morgan fingerprint density at radius 2 is 1.70 bits per heavy atom. The van der Waals surface area contributed by atoms with Crippen LogP contribution in [0, 0.1) is 23.6 Å². The maximum absolute atomic E-state index is 14.9. The van der Waals surface area contributed by atoms with Crippen molar-refractivity contribution in [2.45, 2.75) is 86.2 Å². The Hall–Kier alpha value is -2.74. The van der Waals surface area contributed by atoms with E-state index in [2.05, 4.69) is 35.6 Å². The van der Waals surface area contributed by atoms with Crippen LogP contribution >= 0.6 is 0 Å². The van der Waals surface area contributed by atoms with Crippen molar-refractivity contribution in [3.05, 3.63) is 35.5 Å². The zero-order valence-electron chi connectivity index (χ0n) is 23.3. The molecule has 0 aromatic carbocycles. The molecule has 1 aliphatic heterocycles. The zero-order valence-corrected chi connectivity index (χ0v) is 23.3. The maximum Gasteiger partial charge on any atom is 0.307 e. The molecular weight excluding hydrogens is 473 g/mol. The smallest absolute Gasteiger partial charge is 0.307 e. The molecule has 37 heavy (non-hydrogen) atoms. The summed E-state index contributed by atoms with van der Waals surface area (Å²) >= 11 is 0. The zero-order chi connectivity index (χ0) is 27.6. The summed E-state index contributed by atoms with van der Waals surface area (Å²) in [6.07, 6.45) is 7.35. The minimum Gasteiger partial charge on any atom is -0.481 e. The number of aromatic nitrogens is 2. The van der Waals surface area contributed by atoms with Gasteiger partial charge < -0.3 is 19.8 Å². The van der Waals surface area contributed by atoms with Gasteiger partial charge in [-0.3, -0.25) is 9.78 Å². The van der Waals surface area contributed by atoms with Crippen molar-refractivity contribution in [1.29, 1.82) is 0 Å². The van der Waals surface area contributed by atoms with Crippen LogP contribution in [0.3, 0.4) is 0 Å². The van der Waals surface area contributed by atoms with Crippen molar-refractivity contribution < 1.29 is 24.1 Å². The molecule has 0 spiro atoms. The van der Waals surface area contributed by atoms with E-state index in [1.165, 1.54) is 6.07 Å². The Morgan fingerprint density at radius 1 is 1.11 bits per heavy atom. The predicted octanol–water partition coefficient (Wildman–Crippen LogP) is 5.80. The molecule has 3 heterocycles. The van der Waals surface area contributed by atoms with E-state index >= 15 is 0 Å². The molecule has 0 unspecified atom stereocenters. The molecule has 0 amide bonds. The summed E-state index contributed by atoms with van der Waals surface area (Å²) in [5, 5.41) is 18.1. The lowest BCUT2D eigenvalue weighted by Crippen LogP contribution is -2.38. The number of hydrogen-bond donors (Lipinski definition) is 2. The number of anilines is 1. The van der Waals surface area contributed by atoms with E-state index in [4.69, 9.17) is 9.84 Å². The minimum atomic E-state index is -0.910. The first-order valence-corrected chi connectivity index (χ1v) is 13.0. The fourth-order valence-corrected chi connectivity index (χ4v) is 4.18. The summed E-state index contributed by atoms with van der Waals surface area (Å²) in [5.74, 6) is -1.42. The van der Waals surface area contributed by atoms with Crippen LogP contribution in [0.5, 0.6) is 5.88 Å². The van der Waals surface area contributed by atoms with Crippen LogP contribution in [-0.4, -0.2) is 51.4 Å². The average molecular weight is 516 g/mol. The molecule has 1 aliphatic carbocycles. The lowest BCUT2D eigenvalue weighted by atomic mass is 9.82. The van der Waals surface area contributed by atoms with Gasteiger partial charge in [0.1, 0.15) is 0 Å². The summed E-state index contributed by atoms with van der Waals surface area (Å²) in [6, 6.07) is 1.42. The molecule has 0 radical (unpaired) electrons. The van der Waals surface area contributed by atoms with Crippen molar-refractivity contribution in [1.82, 2.24) is 9.97 Å². The Labute approximate surface area is 220 Å². The van der Waals surface area contributed by atoms with Gasteiger partial charge in [0.15, 0.2) is 5.82 Å². The summed E-state index contributed by atoms with van der Waals surface area (Å²) in [7, 11) is 0. The molecule has 2 N–H and O–H groups in total. The lowest BCUT2D eigenvalue weighted by molar-refractivity contribution is -0.136. The second-order valence-corrected chi connectivity index (χ2v) is 12.6. The SMILES string of the molecule is CC(C)(C)O.Cc1ncc(-c2cnc(OCC3(C)CC3)c(F)c2)c(N2CCC(C)(C)CC2)c1CC(=O)O. The van der Waals surface area contributed by atoms with E-state index in [9.17, 15) is 14.3 Å². The molecule has 0 bridgehead atoms. The molecule has 8 heteroatoms. The van der Waals surface area contributed by atoms with Crippen molar-refractivity contribution in [3.63, 3.8) is 0 Å². The van der Waals surface area contributed by atoms with Crippen molar-refractivity contribution in [2.75, 3.05) is 24.6 Å². The van der Waals surface area contributed by atoms with Gasteiger partial charge in [-0.15, -0.1) is 0 Å². The first-order chi connectivity index (χ1) is 17.1. The number of rotatable bonds is 7. The molecule has 1 saturated heterocycles. The Morgan fingerprint density at radius 3 is 2.22 bits per heavy atom. The third kappa shape index (κ3) is 8.38. The predicted molar refractivity (Wildman–Crippen MR) is 144 cm³/mol. The molecule has 2 aliphatic rings. The highest BCUT2D eigenvalue weighted by Crippen LogP contribution is 2.45. The molecule has 2 fully saturated rings. The second-order valence-electron chi connectivity index (χ2n) is 12.6. The monoisotopic (exact) mass is 515 g/mol. The van der Waals surface area contributed by atoms with Crippen LogP contribution < -0.4 is 9.64 Å². The quantitative estimate of drug-likeness (QED) is 0.481. The van der Waals surface area contributed by atoms with Gasteiger partial charge in [0, 0.05) is 53.3 Å². The van der Waals surface area contributed by atoms with E-state index in [1.807, 2.05) is 6.92 Å². The van der Waals surface area contributed by atoms with Gasteiger partial charge in [0.25, 0.3) is 0 Å². The molecule has 2 aromatic rings. The minimum absolute atomic E-state index is 0.00831. The number of ether oxygens (including phenoxy) is 1. The van der Waals surface area contributed by atoms with Crippen molar-refractivity contribution in [2.24, 2.45) is 10.8 Å². The highest BCUT2D eigenvalue weighted by Gasteiger charge is 2.38. The largest absolute Gasteiger partial charge is 0.481 e. The van der Waals surface area contributed by atoms with Crippen LogP contribution in [-0.2, 0) is 11.2 Å². The molecule has 1 saturated carbocycles. The number of carboxylic acids is 1. The van der Waals surface area contributed by atoms with E-state index in [1.54, 1.807) is 33.2 Å². The summed E-state index contributed by atoms with van der Waals surface area (Å²) in [6.45, 7) is 15.8. The Bertz CT molecular complexity index is 1110. The van der Waals surface area contributed by atoms with Gasteiger partial charge >= 0.3 is 5.97 Å². The number of pyridine rings is 2. The second kappa shape index (κ2) is 10.9. The number of halogens is 1. The topological polar surface area (TPSA) is 95.8 Å². The van der Waals surface area contributed by atoms with E-state index in [-0.39, 0.29) is 23.1 Å². The number of carbonyl (C=O) groups is 1. The van der Waals surface area contributed by atoms with E-state index in [0.29, 0.717) is 29.0 Å². The normalized spacial score (nSPS) is 18.0. The van der Waals surface area contributed by atoms with E-state index in [0.717, 1.165) is 44.5 Å². The van der Waals surface area contributed by atoms with Crippen LogP contribution in [0.1, 0.15) is 78.5 Å². The number of piperidine rings is 1. The Kier molecular flexibility index (Phi) is 8.52. The number of carboxylic acid groups (broad SMARTS) is 1. The van der Waals surface area contributed by atoms with Crippen molar-refractivity contribution >= 4 is 11.7 Å². The molecule has 0 atom stereocenters. The van der Waals surface area contributed by atoms with Gasteiger partial charge in [0.05, 0.1) is 24.3 Å². The van der Waals surface area contributed by atoms with Crippen molar-refractivity contribution in [3.8, 4) is 17.0 Å². The van der Waals surface area contributed by atoms with Crippen LogP contribution in [0.15, 0.2) is 18.5 Å². The Balaban J connectivity index is 0.000000695. The molecular formula is C29H42FN3O4. The first-order valence-electron chi connectivity index (χ1n) is 13.0. The van der Waals surface area contributed by atoms with Gasteiger partial charge in [-0.25, -0.2) is 9.37 Å². The van der Waals surface area contributed by atoms with Gasteiger partial charge in [-0.2, -0.15) is 0 Å². The molecule has 7 nitrogen and oxygen atoms in total.